The van der Waals surface area contributed by atoms with Gasteiger partial charge in [-0.1, -0.05) is 33.8 Å². The van der Waals surface area contributed by atoms with Crippen molar-refractivity contribution in [3.8, 4) is 17.0 Å². The van der Waals surface area contributed by atoms with E-state index < -0.39 is 21.7 Å². The lowest BCUT2D eigenvalue weighted by Crippen LogP contribution is -2.43. The van der Waals surface area contributed by atoms with Crippen molar-refractivity contribution in [3.63, 3.8) is 0 Å². The number of anilines is 2. The fourth-order valence-corrected chi connectivity index (χ4v) is 5.94. The summed E-state index contributed by atoms with van der Waals surface area (Å²) >= 11 is 0. The third-order valence-corrected chi connectivity index (χ3v) is 8.30. The summed E-state index contributed by atoms with van der Waals surface area (Å²) in [7, 11) is -4.31. The van der Waals surface area contributed by atoms with Gasteiger partial charge in [0.05, 0.1) is 17.9 Å². The van der Waals surface area contributed by atoms with Gasteiger partial charge in [-0.05, 0) is 68.0 Å². The Morgan fingerprint density at radius 2 is 2.00 bits per heavy atom. The Morgan fingerprint density at radius 1 is 1.25 bits per heavy atom. The van der Waals surface area contributed by atoms with Crippen LogP contribution in [0.3, 0.4) is 0 Å². The van der Waals surface area contributed by atoms with Crippen molar-refractivity contribution < 1.29 is 26.6 Å². The van der Waals surface area contributed by atoms with Gasteiger partial charge in [0.1, 0.15) is 23.2 Å². The quantitative estimate of drug-likeness (QED) is 0.329. The van der Waals surface area contributed by atoms with Gasteiger partial charge in [0.25, 0.3) is 15.9 Å². The Labute approximate surface area is 239 Å². The Bertz CT molecular complexity index is 1530. The van der Waals surface area contributed by atoms with Gasteiger partial charge in [-0.15, -0.1) is 0 Å². The zero-order valence-electron chi connectivity index (χ0n) is 23.4. The molecule has 1 fully saturated rings. The van der Waals surface area contributed by atoms with E-state index in [1.165, 1.54) is 36.4 Å². The fourth-order valence-electron chi connectivity index (χ4n) is 4.99. The van der Waals surface area contributed by atoms with Crippen molar-refractivity contribution in [2.45, 2.75) is 58.0 Å². The maximum absolute atomic E-state index is 14.6. The van der Waals surface area contributed by atoms with Gasteiger partial charge in [-0.3, -0.25) is 4.79 Å². The molecule has 1 aliphatic rings. The minimum Gasteiger partial charge on any atom is -0.493 e. The summed E-state index contributed by atoms with van der Waals surface area (Å²) in [6, 6.07) is 11.6. The summed E-state index contributed by atoms with van der Waals surface area (Å²) in [4.78, 5) is 24.2. The van der Waals surface area contributed by atoms with Crippen LogP contribution in [-0.4, -0.2) is 43.0 Å². The molecule has 11 heteroatoms. The van der Waals surface area contributed by atoms with Crippen LogP contribution in [0.2, 0.25) is 0 Å². The molecule has 2 unspecified atom stereocenters. The highest BCUT2D eigenvalue weighted by atomic mass is 32.2. The van der Waals surface area contributed by atoms with Gasteiger partial charge >= 0.3 is 0 Å². The van der Waals surface area contributed by atoms with E-state index in [1.54, 1.807) is 12.1 Å². The molecule has 9 nitrogen and oxygen atoms in total. The van der Waals surface area contributed by atoms with Crippen molar-refractivity contribution in [1.82, 2.24) is 14.7 Å². The lowest BCUT2D eigenvalue weighted by atomic mass is 9.92. The number of benzene rings is 1. The first-order valence-electron chi connectivity index (χ1n) is 13.3. The van der Waals surface area contributed by atoms with Crippen LogP contribution in [0.15, 0.2) is 53.6 Å². The molecule has 1 amide bonds. The molecule has 40 heavy (non-hydrogen) atoms. The first-order chi connectivity index (χ1) is 18.8. The van der Waals surface area contributed by atoms with Crippen molar-refractivity contribution in [1.29, 1.82) is 0 Å². The highest BCUT2D eigenvalue weighted by Gasteiger charge is 2.41. The maximum Gasteiger partial charge on any atom is 0.281 e. The molecular formula is C29H42FN5O4S. The monoisotopic (exact) mass is 575 g/mol. The third-order valence-electron chi connectivity index (χ3n) is 7.07. The Kier molecular flexibility index (Phi) is 8.34. The predicted molar refractivity (Wildman–Crippen MR) is 159 cm³/mol. The molecule has 3 aromatic rings. The van der Waals surface area contributed by atoms with Gasteiger partial charge in [-0.2, -0.15) is 8.42 Å². The first-order valence-corrected chi connectivity index (χ1v) is 14.8. The molecule has 0 radical (unpaired) electrons. The Morgan fingerprint density at radius 3 is 2.67 bits per heavy atom. The van der Waals surface area contributed by atoms with E-state index in [2.05, 4.69) is 35.4 Å². The largest absolute Gasteiger partial charge is 0.493 e. The molecular weight excluding hydrogens is 533 g/mol. The number of hydrogen-bond donors (Lipinski definition) is 2. The average Bonchev–Trinajstić information content (AvgIpc) is 3.20. The second-order valence-electron chi connectivity index (χ2n) is 11.1. The summed E-state index contributed by atoms with van der Waals surface area (Å²) in [6.07, 6.45) is 1.65. The number of sulfonamides is 1. The van der Waals surface area contributed by atoms with Crippen molar-refractivity contribution in [2.24, 2.45) is 11.8 Å². The predicted octanol–water partition coefficient (Wildman–Crippen LogP) is 5.77. The Balaban J connectivity index is 0.00000308. The molecule has 4 rings (SSSR count). The van der Waals surface area contributed by atoms with E-state index in [0.29, 0.717) is 41.9 Å². The minimum absolute atomic E-state index is 0. The topological polar surface area (TPSA) is 128 Å². The normalized spacial score (nSPS) is 19.2. The van der Waals surface area contributed by atoms with E-state index in [-0.39, 0.29) is 32.1 Å². The van der Waals surface area contributed by atoms with Gasteiger partial charge in [-0.25, -0.2) is 19.1 Å². The zero-order valence-corrected chi connectivity index (χ0v) is 24.3. The SMILES string of the molecule is CCC1(C)CC(C)CN1c1nc(-c2cc(F)cc(OCC(C)C)c2)ccc1C(=O)NS(=O)(=O)c1cccc(N)n1.[HH].[HH].[HH]. The maximum atomic E-state index is 14.6. The van der Waals surface area contributed by atoms with Gasteiger partial charge in [0.15, 0.2) is 5.03 Å². The number of carbonyl (C=O) groups excluding carboxylic acids is 1. The van der Waals surface area contributed by atoms with Crippen LogP contribution in [0.5, 0.6) is 5.75 Å². The molecule has 2 atom stereocenters. The smallest absolute Gasteiger partial charge is 0.281 e. The van der Waals surface area contributed by atoms with Gasteiger partial charge < -0.3 is 15.4 Å². The van der Waals surface area contributed by atoms with E-state index in [0.717, 1.165) is 12.8 Å². The van der Waals surface area contributed by atoms with Crippen molar-refractivity contribution in [3.05, 3.63) is 59.9 Å². The van der Waals surface area contributed by atoms with E-state index in [1.807, 2.05) is 13.8 Å². The summed E-state index contributed by atoms with van der Waals surface area (Å²) in [6.45, 7) is 11.3. The highest BCUT2D eigenvalue weighted by Crippen LogP contribution is 2.40. The second-order valence-corrected chi connectivity index (χ2v) is 12.7. The van der Waals surface area contributed by atoms with E-state index in [4.69, 9.17) is 15.5 Å². The van der Waals surface area contributed by atoms with Crippen molar-refractivity contribution >= 4 is 27.6 Å². The molecule has 0 bridgehead atoms. The summed E-state index contributed by atoms with van der Waals surface area (Å²) in [5.74, 6) is -0.0322. The number of hydrogen-bond acceptors (Lipinski definition) is 8. The number of carbonyl (C=O) groups is 1. The number of halogens is 1. The van der Waals surface area contributed by atoms with E-state index >= 15 is 0 Å². The number of aromatic nitrogens is 2. The number of pyridine rings is 2. The second kappa shape index (κ2) is 11.4. The third kappa shape index (κ3) is 6.35. The van der Waals surface area contributed by atoms with Crippen LogP contribution in [0, 0.1) is 17.7 Å². The van der Waals surface area contributed by atoms with Crippen LogP contribution in [0.1, 0.15) is 62.1 Å². The summed E-state index contributed by atoms with van der Waals surface area (Å²) in [5.41, 5.74) is 6.32. The molecule has 1 aliphatic heterocycles. The summed E-state index contributed by atoms with van der Waals surface area (Å²) < 4.78 is 48.4. The number of nitrogens with two attached hydrogens (primary N) is 1. The molecule has 1 aromatic carbocycles. The zero-order chi connectivity index (χ0) is 29.2. The van der Waals surface area contributed by atoms with Crippen LogP contribution in [0.25, 0.3) is 11.3 Å². The number of nitrogen functional groups attached to an aromatic ring is 1. The number of nitrogens with one attached hydrogen (secondary N) is 1. The first kappa shape index (κ1) is 29.3. The van der Waals surface area contributed by atoms with Crippen LogP contribution in [0.4, 0.5) is 16.0 Å². The Hall–Kier alpha value is -3.73. The van der Waals surface area contributed by atoms with Gasteiger partial charge in [0, 0.05) is 28.0 Å². The molecule has 0 aliphatic carbocycles. The number of rotatable bonds is 9. The molecule has 0 saturated carbocycles. The lowest BCUT2D eigenvalue weighted by molar-refractivity contribution is 0.0981. The fraction of sp³-hybridized carbons (Fsp3) is 0.414. The molecule has 3 N–H and O–H groups in total. The standard InChI is InChI=1S/C29H36FN5O4S.3H2/c1-6-29(5)15-19(4)16-35(29)27-23(28(36)34-40(37,38)26-9-7-8-25(31)33-26)10-11-24(32-27)20-12-21(30)14-22(13-20)39-17-18(2)3;;;/h7-14,18-19H,6,15-17H2,1-5H3,(H2,31,33)(H,34,36);3*1H. The van der Waals surface area contributed by atoms with Crippen LogP contribution in [-0.2, 0) is 10.0 Å². The average molecular weight is 576 g/mol. The van der Waals surface area contributed by atoms with Crippen LogP contribution < -0.4 is 20.1 Å². The molecule has 1 saturated heterocycles. The molecule has 0 spiro atoms. The van der Waals surface area contributed by atoms with Crippen LogP contribution >= 0.6 is 0 Å². The van der Waals surface area contributed by atoms with Crippen molar-refractivity contribution in [2.75, 3.05) is 23.8 Å². The highest BCUT2D eigenvalue weighted by molar-refractivity contribution is 7.90. The van der Waals surface area contributed by atoms with Gasteiger partial charge in [0.2, 0.25) is 0 Å². The number of nitrogens with zero attached hydrogens (tertiary/aromatic N) is 3. The minimum atomic E-state index is -4.31. The van der Waals surface area contributed by atoms with E-state index in [9.17, 15) is 17.6 Å². The molecule has 220 valence electrons. The number of amides is 1. The number of ether oxygens (including phenoxy) is 1. The molecule has 3 heterocycles. The summed E-state index contributed by atoms with van der Waals surface area (Å²) in [5, 5.41) is -0.367. The lowest BCUT2D eigenvalue weighted by Gasteiger charge is -2.36. The molecule has 2 aromatic heterocycles.